The van der Waals surface area contributed by atoms with E-state index in [-0.39, 0.29) is 16.8 Å². The molecule has 5 N–H and O–H groups in total. The van der Waals surface area contributed by atoms with Crippen molar-refractivity contribution in [3.05, 3.63) is 40.3 Å². The van der Waals surface area contributed by atoms with Gasteiger partial charge in [0.05, 0.1) is 11.8 Å². The lowest BCUT2D eigenvalue weighted by Crippen LogP contribution is -3.00. The molecule has 0 heterocycles. The Morgan fingerprint density at radius 1 is 0.976 bits per heavy atom. The largest absolute Gasteiger partial charge is 0.595 e. The van der Waals surface area contributed by atoms with Gasteiger partial charge < -0.3 is 10.4 Å². The summed E-state index contributed by atoms with van der Waals surface area (Å²) >= 11 is 0. The topological polar surface area (TPSA) is 120 Å². The van der Waals surface area contributed by atoms with Gasteiger partial charge in [0.25, 0.3) is 0 Å². The Morgan fingerprint density at radius 2 is 1.76 bits per heavy atom. The Balaban J connectivity index is 1.28. The number of hydrazone groups is 1. The summed E-state index contributed by atoms with van der Waals surface area (Å²) in [5, 5.41) is 44.2. The number of nitrogens with zero attached hydrogens (tertiary/aromatic N) is 1. The van der Waals surface area contributed by atoms with Crippen molar-refractivity contribution in [2.75, 3.05) is 5.43 Å². The summed E-state index contributed by atoms with van der Waals surface area (Å²) in [7, 11) is 0. The highest BCUT2D eigenvalue weighted by Crippen LogP contribution is 2.67. The third-order valence-electron chi connectivity index (χ3n) is 12.0. The highest BCUT2D eigenvalue weighted by molar-refractivity contribution is 5.97. The summed E-state index contributed by atoms with van der Waals surface area (Å²) in [4.78, 5) is 0. The van der Waals surface area contributed by atoms with Gasteiger partial charge in [-0.25, -0.2) is 10.4 Å². The summed E-state index contributed by atoms with van der Waals surface area (Å²) in [6.07, 6.45) is 16.3. The van der Waals surface area contributed by atoms with Gasteiger partial charge in [0.15, 0.2) is 11.4 Å². The van der Waals surface area contributed by atoms with Crippen LogP contribution in [0.1, 0.15) is 105 Å². The SMILES string of the molecule is CC(C)CCC[C@@H](C)[C@@H]1CC[C@H]2[C@@H]3CCC4=CC(=NNc5ccc([NH+]([O-])O)cc5[NH+]([O-])O)CC[C@]4(C)[C@H]3CC[C@@]21C. The van der Waals surface area contributed by atoms with Gasteiger partial charge in [-0.05, 0) is 110 Å². The molecule has 3 saturated carbocycles. The molecule has 0 amide bonds. The van der Waals surface area contributed by atoms with Crippen LogP contribution >= 0.6 is 0 Å². The van der Waals surface area contributed by atoms with Crippen LogP contribution in [0.5, 0.6) is 0 Å². The summed E-state index contributed by atoms with van der Waals surface area (Å²) < 4.78 is 0. The van der Waals surface area contributed by atoms with Crippen LogP contribution in [0, 0.1) is 56.8 Å². The summed E-state index contributed by atoms with van der Waals surface area (Å²) in [6, 6.07) is 4.08. The maximum absolute atomic E-state index is 11.7. The van der Waals surface area contributed by atoms with Gasteiger partial charge in [-0.2, -0.15) is 15.6 Å². The monoisotopic (exact) mass is 568 g/mol. The third kappa shape index (κ3) is 5.89. The van der Waals surface area contributed by atoms with Crippen LogP contribution in [0.25, 0.3) is 0 Å². The number of hydrogen-bond acceptors (Lipinski definition) is 6. The molecule has 0 saturated heterocycles. The molecule has 0 spiro atoms. The Hall–Kier alpha value is -1.81. The molecule has 8 nitrogen and oxygen atoms in total. The van der Waals surface area contributed by atoms with Crippen molar-refractivity contribution in [1.82, 2.24) is 0 Å². The maximum atomic E-state index is 11.7. The first-order valence-electron chi connectivity index (χ1n) is 16.1. The lowest BCUT2D eigenvalue weighted by Gasteiger charge is -2.58. The van der Waals surface area contributed by atoms with Crippen LogP contribution in [0.15, 0.2) is 34.9 Å². The van der Waals surface area contributed by atoms with E-state index in [1.54, 1.807) is 0 Å². The molecular formula is C33H52N4O4. The van der Waals surface area contributed by atoms with Crippen LogP contribution in [-0.4, -0.2) is 16.1 Å². The molecule has 4 aliphatic rings. The van der Waals surface area contributed by atoms with E-state index in [1.165, 1.54) is 75.1 Å². The van der Waals surface area contributed by atoms with E-state index >= 15 is 0 Å². The number of hydrogen-bond donors (Lipinski definition) is 5. The predicted molar refractivity (Wildman–Crippen MR) is 162 cm³/mol. The number of quaternary nitrogens is 2. The van der Waals surface area contributed by atoms with Gasteiger partial charge in [-0.3, -0.25) is 5.43 Å². The van der Waals surface area contributed by atoms with Gasteiger partial charge in [-0.1, -0.05) is 59.5 Å². The fourth-order valence-corrected chi connectivity index (χ4v) is 9.77. The highest BCUT2D eigenvalue weighted by atomic mass is 16.8. The van der Waals surface area contributed by atoms with Gasteiger partial charge in [0.1, 0.15) is 5.69 Å². The zero-order chi connectivity index (χ0) is 29.5. The molecule has 8 heteroatoms. The Kier molecular flexibility index (Phi) is 9.01. The summed E-state index contributed by atoms with van der Waals surface area (Å²) in [5.74, 6) is 4.94. The van der Waals surface area contributed by atoms with Crippen LogP contribution in [-0.2, 0) is 0 Å². The van der Waals surface area contributed by atoms with Crippen molar-refractivity contribution in [2.45, 2.75) is 105 Å². The first kappa shape index (κ1) is 30.6. The Morgan fingerprint density at radius 3 is 2.46 bits per heavy atom. The molecule has 228 valence electrons. The first-order valence-corrected chi connectivity index (χ1v) is 16.1. The molecule has 1 aromatic rings. The van der Waals surface area contributed by atoms with E-state index in [4.69, 9.17) is 0 Å². The molecule has 0 aromatic heterocycles. The lowest BCUT2D eigenvalue weighted by molar-refractivity contribution is -0.996. The standard InChI is InChI=1S/C33H52N4O4/c1-21(2)7-6-8-22(3)27-12-13-28-26-11-9-23-19-24(15-17-32(23,4)29(26)16-18-33(27,28)5)34-35-30-14-10-25(36(38)39)20-31(30)37(40)41/h10,14,19-22,26-29,35-38,40H,6-9,11-13,15-18H2,1-5H3/t22-,26+,27+,28+,29+,32+,33-/m1/s1. The zero-order valence-electron chi connectivity index (χ0n) is 25.7. The number of rotatable bonds is 9. The molecule has 41 heavy (non-hydrogen) atoms. The second-order valence-electron chi connectivity index (χ2n) is 14.6. The molecule has 1 aromatic carbocycles. The molecule has 4 aliphatic carbocycles. The number of allylic oxidation sites excluding steroid dienone is 2. The van der Waals surface area contributed by atoms with E-state index in [9.17, 15) is 20.8 Å². The van der Waals surface area contributed by atoms with Crippen LogP contribution in [0.3, 0.4) is 0 Å². The second kappa shape index (κ2) is 12.1. The summed E-state index contributed by atoms with van der Waals surface area (Å²) in [5.41, 5.74) is 6.30. The second-order valence-corrected chi connectivity index (χ2v) is 14.6. The predicted octanol–water partition coefficient (Wildman–Crippen LogP) is 6.30. The molecule has 0 bridgehead atoms. The van der Waals surface area contributed by atoms with Crippen LogP contribution < -0.4 is 15.9 Å². The van der Waals surface area contributed by atoms with E-state index in [2.05, 4.69) is 51.2 Å². The van der Waals surface area contributed by atoms with E-state index in [1.807, 2.05) is 0 Å². The van der Waals surface area contributed by atoms with Crippen LogP contribution in [0.4, 0.5) is 17.1 Å². The van der Waals surface area contributed by atoms with Gasteiger partial charge >= 0.3 is 0 Å². The fraction of sp³-hybridized carbons (Fsp3) is 0.727. The normalized spacial score (nSPS) is 36.2. The molecule has 3 fully saturated rings. The van der Waals surface area contributed by atoms with E-state index in [0.717, 1.165) is 60.5 Å². The number of benzene rings is 1. The lowest BCUT2D eigenvalue weighted by atomic mass is 9.46. The van der Waals surface area contributed by atoms with Crippen LogP contribution in [0.2, 0.25) is 0 Å². The van der Waals surface area contributed by atoms with Gasteiger partial charge in [0, 0.05) is 6.07 Å². The fourth-order valence-electron chi connectivity index (χ4n) is 9.77. The third-order valence-corrected chi connectivity index (χ3v) is 12.0. The number of anilines is 1. The summed E-state index contributed by atoms with van der Waals surface area (Å²) in [6.45, 7) is 12.4. The van der Waals surface area contributed by atoms with Crippen molar-refractivity contribution in [1.29, 1.82) is 0 Å². The average Bonchev–Trinajstić information content (AvgIpc) is 3.28. The average molecular weight is 569 g/mol. The van der Waals surface area contributed by atoms with Gasteiger partial charge in [0.2, 0.25) is 0 Å². The quantitative estimate of drug-likeness (QED) is 0.224. The number of nitrogens with one attached hydrogen (secondary N) is 3. The smallest absolute Gasteiger partial charge is 0.195 e. The van der Waals surface area contributed by atoms with Gasteiger partial charge in [-0.15, -0.1) is 0 Å². The number of fused-ring (bicyclic) bond motifs is 5. The Bertz CT molecular complexity index is 1150. The molecule has 0 radical (unpaired) electrons. The van der Waals surface area contributed by atoms with Crippen molar-refractivity contribution >= 4 is 22.8 Å². The minimum Gasteiger partial charge on any atom is -0.595 e. The Labute approximate surface area is 245 Å². The molecule has 9 atom stereocenters. The minimum absolute atomic E-state index is 0.0503. The van der Waals surface area contributed by atoms with Crippen molar-refractivity contribution in [3.63, 3.8) is 0 Å². The van der Waals surface area contributed by atoms with E-state index in [0.29, 0.717) is 11.1 Å². The molecule has 2 unspecified atom stereocenters. The van der Waals surface area contributed by atoms with Crippen molar-refractivity contribution in [3.8, 4) is 0 Å². The minimum atomic E-state index is -1.17. The van der Waals surface area contributed by atoms with Crippen molar-refractivity contribution < 1.29 is 20.9 Å². The zero-order valence-corrected chi connectivity index (χ0v) is 25.7. The molecule has 0 aliphatic heterocycles. The molecule has 5 rings (SSSR count). The maximum Gasteiger partial charge on any atom is 0.195 e. The van der Waals surface area contributed by atoms with Crippen molar-refractivity contribution in [2.24, 2.45) is 51.4 Å². The first-order chi connectivity index (χ1) is 19.4. The molecular weight excluding hydrogens is 516 g/mol. The highest BCUT2D eigenvalue weighted by Gasteiger charge is 2.59. The van der Waals surface area contributed by atoms with E-state index < -0.39 is 10.5 Å².